The Morgan fingerprint density at radius 1 is 1.82 bits per heavy atom. The van der Waals surface area contributed by atoms with Crippen molar-refractivity contribution in [2.24, 2.45) is 0 Å². The van der Waals surface area contributed by atoms with Crippen LogP contribution in [0.25, 0.3) is 0 Å². The van der Waals surface area contributed by atoms with Crippen LogP contribution in [0.3, 0.4) is 0 Å². The molecule has 62 valence electrons. The van der Waals surface area contributed by atoms with Gasteiger partial charge in [0.1, 0.15) is 12.5 Å². The van der Waals surface area contributed by atoms with E-state index in [0.29, 0.717) is 3.97 Å². The molecule has 0 aliphatic heterocycles. The Labute approximate surface area is 64.9 Å². The van der Waals surface area contributed by atoms with Crippen LogP contribution in [0.15, 0.2) is 12.5 Å². The van der Waals surface area contributed by atoms with Crippen LogP contribution >= 0.6 is 0 Å². The second-order valence-corrected chi connectivity index (χ2v) is 2.82. The van der Waals surface area contributed by atoms with Gasteiger partial charge in [0.2, 0.25) is 0 Å². The molecular weight excluding hydrogens is 174 g/mol. The average molecular weight is 180 g/mol. The second-order valence-electron chi connectivity index (χ2n) is 1.98. The largest absolute Gasteiger partial charge is 0.309 e. The van der Waals surface area contributed by atoms with Crippen LogP contribution in [0, 0.1) is 0 Å². The van der Waals surface area contributed by atoms with Gasteiger partial charge >= 0.3 is 11.4 Å². The Morgan fingerprint density at radius 3 is 2.73 bits per heavy atom. The summed E-state index contributed by atoms with van der Waals surface area (Å²) in [7, 11) is 0. The van der Waals surface area contributed by atoms with Crippen molar-refractivity contribution in [3.63, 3.8) is 0 Å². The molecule has 0 aliphatic rings. The number of halogens is 2. The molecule has 3 nitrogen and oxygen atoms in total. The minimum atomic E-state index is -2.64. The van der Waals surface area contributed by atoms with Crippen molar-refractivity contribution in [1.82, 2.24) is 8.96 Å². The van der Waals surface area contributed by atoms with E-state index in [1.807, 2.05) is 0 Å². The van der Waals surface area contributed by atoms with Crippen molar-refractivity contribution in [3.8, 4) is 0 Å². The summed E-state index contributed by atoms with van der Waals surface area (Å²) in [6, 6.07) is 0. The lowest BCUT2D eigenvalue weighted by atomic mass is 10.3. The van der Waals surface area contributed by atoms with Gasteiger partial charge < -0.3 is 0 Å². The van der Waals surface area contributed by atoms with Crippen LogP contribution in [-0.2, 0) is 11.4 Å². The van der Waals surface area contributed by atoms with Crippen molar-refractivity contribution >= 4 is 11.4 Å². The monoisotopic (exact) mass is 180 g/mol. The van der Waals surface area contributed by atoms with E-state index in [1.165, 1.54) is 6.92 Å². The first-order valence-electron chi connectivity index (χ1n) is 2.87. The lowest BCUT2D eigenvalue weighted by Gasteiger charge is -1.91. The normalized spacial score (nSPS) is 16.3. The molecular formula is C5H6F2N2OS. The van der Waals surface area contributed by atoms with Crippen LogP contribution in [-0.4, -0.2) is 13.2 Å². The predicted octanol–water partition coefficient (Wildman–Crippen LogP) is 1.31. The van der Waals surface area contributed by atoms with E-state index in [0.717, 1.165) is 12.5 Å². The van der Waals surface area contributed by atoms with Crippen molar-refractivity contribution in [3.05, 3.63) is 18.2 Å². The summed E-state index contributed by atoms with van der Waals surface area (Å²) in [5, 5.41) is 0. The van der Waals surface area contributed by atoms with Gasteiger partial charge in [0.15, 0.2) is 0 Å². The third kappa shape index (κ3) is 1.83. The summed E-state index contributed by atoms with van der Waals surface area (Å²) in [6.45, 7) is 1.27. The van der Waals surface area contributed by atoms with E-state index >= 15 is 0 Å². The lowest BCUT2D eigenvalue weighted by Crippen LogP contribution is -1.93. The molecule has 11 heavy (non-hydrogen) atoms. The molecule has 0 saturated heterocycles. The molecule has 1 rings (SSSR count). The Kier molecular flexibility index (Phi) is 2.33. The minimum absolute atomic E-state index is 0.0796. The highest BCUT2D eigenvalue weighted by molar-refractivity contribution is 7.78. The van der Waals surface area contributed by atoms with Gasteiger partial charge in [-0.25, -0.2) is 13.3 Å². The van der Waals surface area contributed by atoms with E-state index in [9.17, 15) is 12.5 Å². The summed E-state index contributed by atoms with van der Waals surface area (Å²) < 4.78 is 35.2. The van der Waals surface area contributed by atoms with E-state index < -0.39 is 17.5 Å². The zero-order chi connectivity index (χ0) is 8.43. The maximum atomic E-state index is 12.4. The summed E-state index contributed by atoms with van der Waals surface area (Å²) in [5.41, 5.74) is 0.0796. The predicted molar refractivity (Wildman–Crippen MR) is 36.4 cm³/mol. The van der Waals surface area contributed by atoms with Crippen LogP contribution in [0.2, 0.25) is 0 Å². The maximum Gasteiger partial charge on any atom is 0.309 e. The third-order valence-electron chi connectivity index (χ3n) is 1.15. The van der Waals surface area contributed by atoms with Gasteiger partial charge in [-0.2, -0.15) is 4.21 Å². The summed E-state index contributed by atoms with van der Waals surface area (Å²) in [5.74, 6) is 0. The molecule has 2 unspecified atom stereocenters. The Bertz CT molecular complexity index is 273. The van der Waals surface area contributed by atoms with E-state index in [1.54, 1.807) is 0 Å². The number of hydrogen-bond acceptors (Lipinski definition) is 2. The third-order valence-corrected chi connectivity index (χ3v) is 1.68. The summed E-state index contributed by atoms with van der Waals surface area (Å²) in [4.78, 5) is 3.49. The van der Waals surface area contributed by atoms with E-state index in [2.05, 4.69) is 4.98 Å². The first-order chi connectivity index (χ1) is 5.11. The van der Waals surface area contributed by atoms with E-state index in [4.69, 9.17) is 0 Å². The summed E-state index contributed by atoms with van der Waals surface area (Å²) >= 11 is -2.64. The SMILES string of the molecule is CC(F)c1cn(S(=O)F)cn1. The van der Waals surface area contributed by atoms with Crippen molar-refractivity contribution in [2.75, 3.05) is 0 Å². The number of hydrogen-bond donors (Lipinski definition) is 0. The van der Waals surface area contributed by atoms with Crippen molar-refractivity contribution in [1.29, 1.82) is 0 Å². The van der Waals surface area contributed by atoms with Crippen molar-refractivity contribution < 1.29 is 12.5 Å². The number of rotatable bonds is 2. The molecule has 0 fully saturated rings. The zero-order valence-corrected chi connectivity index (χ0v) is 6.52. The molecule has 0 aliphatic carbocycles. The van der Waals surface area contributed by atoms with Gasteiger partial charge in [-0.3, -0.25) is 0 Å². The standard InChI is InChI=1S/C5H6F2N2OS/c1-4(6)5-2-9(3-8-5)11(7)10/h2-4H,1H3. The van der Waals surface area contributed by atoms with Crippen molar-refractivity contribution in [2.45, 2.75) is 13.1 Å². The first-order valence-corrected chi connectivity index (χ1v) is 3.88. The molecule has 2 atom stereocenters. The lowest BCUT2D eigenvalue weighted by molar-refractivity contribution is 0.367. The Balaban J connectivity index is 2.90. The van der Waals surface area contributed by atoms with Gasteiger partial charge in [0.05, 0.1) is 5.69 Å². The molecule has 6 heteroatoms. The fourth-order valence-electron chi connectivity index (χ4n) is 0.605. The molecule has 0 bridgehead atoms. The highest BCUT2D eigenvalue weighted by atomic mass is 32.2. The Hall–Kier alpha value is -0.780. The number of alkyl halides is 1. The van der Waals surface area contributed by atoms with Crippen LogP contribution in [0.1, 0.15) is 18.8 Å². The second kappa shape index (κ2) is 3.08. The van der Waals surface area contributed by atoms with Gasteiger partial charge in [-0.1, -0.05) is 0 Å². The minimum Gasteiger partial charge on any atom is -0.241 e. The molecule has 1 aromatic heterocycles. The van der Waals surface area contributed by atoms with Gasteiger partial charge in [0, 0.05) is 6.20 Å². The highest BCUT2D eigenvalue weighted by Gasteiger charge is 2.08. The molecule has 0 N–H and O–H groups in total. The molecule has 0 saturated carbocycles. The first kappa shape index (κ1) is 8.32. The fourth-order valence-corrected chi connectivity index (χ4v) is 0.917. The van der Waals surface area contributed by atoms with Gasteiger partial charge in [0.25, 0.3) is 0 Å². The molecule has 0 amide bonds. The van der Waals surface area contributed by atoms with Crippen LogP contribution in [0.5, 0.6) is 0 Å². The zero-order valence-electron chi connectivity index (χ0n) is 5.70. The van der Waals surface area contributed by atoms with Gasteiger partial charge in [-0.05, 0) is 6.92 Å². The quantitative estimate of drug-likeness (QED) is 0.643. The number of imidazole rings is 1. The highest BCUT2D eigenvalue weighted by Crippen LogP contribution is 2.13. The van der Waals surface area contributed by atoms with Gasteiger partial charge in [-0.15, -0.1) is 3.89 Å². The van der Waals surface area contributed by atoms with E-state index in [-0.39, 0.29) is 5.69 Å². The molecule has 0 radical (unpaired) electrons. The topological polar surface area (TPSA) is 34.9 Å². The van der Waals surface area contributed by atoms with Crippen LogP contribution < -0.4 is 0 Å². The molecule has 0 spiro atoms. The smallest absolute Gasteiger partial charge is 0.241 e. The Morgan fingerprint density at radius 2 is 2.45 bits per heavy atom. The fraction of sp³-hybridized carbons (Fsp3) is 0.400. The number of nitrogens with zero attached hydrogens (tertiary/aromatic N) is 2. The maximum absolute atomic E-state index is 12.4. The average Bonchev–Trinajstić information content (AvgIpc) is 2.33. The van der Waals surface area contributed by atoms with Crippen LogP contribution in [0.4, 0.5) is 8.28 Å². The molecule has 1 heterocycles. The summed E-state index contributed by atoms with van der Waals surface area (Å²) in [6.07, 6.45) is 0.794. The number of aromatic nitrogens is 2. The molecule has 0 aromatic carbocycles. The molecule has 1 aromatic rings.